The number of hydrogen-bond donors (Lipinski definition) is 1. The van der Waals surface area contributed by atoms with Gasteiger partial charge in [-0.2, -0.15) is 0 Å². The fourth-order valence-corrected chi connectivity index (χ4v) is 2.85. The number of fused-ring (bicyclic) bond motifs is 1. The van der Waals surface area contributed by atoms with Crippen molar-refractivity contribution in [2.45, 2.75) is 5.92 Å². The van der Waals surface area contributed by atoms with Crippen molar-refractivity contribution < 1.29 is 8.78 Å². The number of piperidine rings is 1. The van der Waals surface area contributed by atoms with Crippen LogP contribution < -0.4 is 5.32 Å². The van der Waals surface area contributed by atoms with Gasteiger partial charge in [0.05, 0.1) is 13.1 Å². The normalized spacial score (nSPS) is 47.1. The summed E-state index contributed by atoms with van der Waals surface area (Å²) in [5.41, 5.74) is 0. The lowest BCUT2D eigenvalue weighted by Crippen LogP contribution is -2.56. The summed E-state index contributed by atoms with van der Waals surface area (Å²) in [5.74, 6) is -0.0665. The van der Waals surface area contributed by atoms with E-state index in [0.29, 0.717) is 0 Å². The molecule has 1 aliphatic carbocycles. The van der Waals surface area contributed by atoms with E-state index in [1.54, 1.807) is 0 Å². The highest BCUT2D eigenvalue weighted by atomic mass is 19.3. The first-order valence-electron chi connectivity index (χ1n) is 4.97. The average molecular weight is 188 g/mol. The number of halogens is 2. The predicted octanol–water partition coefficient (Wildman–Crippen LogP) is 0.403. The third-order valence-electron chi connectivity index (χ3n) is 3.65. The summed E-state index contributed by atoms with van der Waals surface area (Å²) >= 11 is 0. The minimum Gasteiger partial charge on any atom is -0.316 e. The van der Waals surface area contributed by atoms with Crippen molar-refractivity contribution in [3.05, 3.63) is 0 Å². The molecule has 2 saturated heterocycles. The fraction of sp³-hybridized carbons (Fsp3) is 1.00. The molecule has 3 fully saturated rings. The highest BCUT2D eigenvalue weighted by Crippen LogP contribution is 2.49. The summed E-state index contributed by atoms with van der Waals surface area (Å²) in [7, 11) is 0. The molecule has 3 rings (SSSR count). The van der Waals surface area contributed by atoms with E-state index in [1.165, 1.54) is 0 Å². The maximum absolute atomic E-state index is 12.5. The first-order valence-corrected chi connectivity index (χ1v) is 4.97. The summed E-state index contributed by atoms with van der Waals surface area (Å²) in [6.07, 6.45) is 0. The molecule has 0 aromatic carbocycles. The largest absolute Gasteiger partial charge is 0.316 e. The van der Waals surface area contributed by atoms with Crippen molar-refractivity contribution in [1.82, 2.24) is 10.2 Å². The first kappa shape index (κ1) is 8.12. The maximum Gasteiger partial charge on any atom is 0.272 e. The van der Waals surface area contributed by atoms with Crippen LogP contribution in [0.1, 0.15) is 0 Å². The molecule has 3 aliphatic rings. The average Bonchev–Trinajstić information content (AvgIpc) is 2.47. The molecule has 2 atom stereocenters. The van der Waals surface area contributed by atoms with E-state index < -0.39 is 5.92 Å². The molecule has 0 bridgehead atoms. The monoisotopic (exact) mass is 188 g/mol. The molecular formula is C9H14F2N2. The van der Waals surface area contributed by atoms with Gasteiger partial charge in [-0.15, -0.1) is 0 Å². The van der Waals surface area contributed by atoms with Gasteiger partial charge in [0.2, 0.25) is 0 Å². The molecule has 0 aromatic heterocycles. The number of rotatable bonds is 2. The minimum atomic E-state index is -2.39. The van der Waals surface area contributed by atoms with Crippen LogP contribution in [0.4, 0.5) is 8.78 Å². The zero-order valence-electron chi connectivity index (χ0n) is 7.47. The van der Waals surface area contributed by atoms with Crippen molar-refractivity contribution in [2.75, 3.05) is 32.7 Å². The van der Waals surface area contributed by atoms with Crippen molar-refractivity contribution in [2.24, 2.45) is 17.8 Å². The second kappa shape index (κ2) is 2.42. The second-order valence-corrected chi connectivity index (χ2v) is 4.68. The van der Waals surface area contributed by atoms with Gasteiger partial charge in [0, 0.05) is 6.54 Å². The van der Waals surface area contributed by atoms with E-state index in [1.807, 2.05) is 4.90 Å². The number of likely N-dealkylation sites (tertiary alicyclic amines) is 1. The Balaban J connectivity index is 1.46. The molecule has 0 radical (unpaired) electrons. The van der Waals surface area contributed by atoms with Gasteiger partial charge < -0.3 is 5.32 Å². The van der Waals surface area contributed by atoms with Crippen molar-refractivity contribution >= 4 is 0 Å². The Morgan fingerprint density at radius 2 is 1.85 bits per heavy atom. The molecular weight excluding hydrogens is 174 g/mol. The maximum atomic E-state index is 12.5. The summed E-state index contributed by atoms with van der Waals surface area (Å²) in [4.78, 5) is 1.89. The Labute approximate surface area is 76.3 Å². The Morgan fingerprint density at radius 1 is 1.23 bits per heavy atom. The number of nitrogens with one attached hydrogen (secondary N) is 1. The number of alkyl halides is 2. The smallest absolute Gasteiger partial charge is 0.272 e. The van der Waals surface area contributed by atoms with Crippen LogP contribution in [0, 0.1) is 17.8 Å². The van der Waals surface area contributed by atoms with E-state index in [0.717, 1.165) is 37.4 Å². The van der Waals surface area contributed by atoms with Gasteiger partial charge in [0.25, 0.3) is 5.92 Å². The molecule has 13 heavy (non-hydrogen) atoms. The van der Waals surface area contributed by atoms with Gasteiger partial charge in [-0.3, -0.25) is 4.90 Å². The predicted molar refractivity (Wildman–Crippen MR) is 44.7 cm³/mol. The van der Waals surface area contributed by atoms with Crippen LogP contribution >= 0.6 is 0 Å². The highest BCUT2D eigenvalue weighted by Gasteiger charge is 2.55. The Morgan fingerprint density at radius 3 is 2.38 bits per heavy atom. The van der Waals surface area contributed by atoms with E-state index >= 15 is 0 Å². The zero-order chi connectivity index (χ0) is 9.05. The standard InChI is InChI=1S/C9H14F2N2/c10-9(11)4-13(5-9)3-8-6-1-12-2-7(6)8/h6-8,12H,1-5H2. The third-order valence-corrected chi connectivity index (χ3v) is 3.65. The summed E-state index contributed by atoms with van der Waals surface area (Å²) in [6.45, 7) is 3.12. The lowest BCUT2D eigenvalue weighted by molar-refractivity contribution is -0.132. The fourth-order valence-electron chi connectivity index (χ4n) is 2.85. The topological polar surface area (TPSA) is 15.3 Å². The Hall–Kier alpha value is -0.220. The molecule has 2 unspecified atom stereocenters. The Kier molecular flexibility index (Phi) is 1.51. The molecule has 0 aromatic rings. The molecule has 2 heterocycles. The van der Waals surface area contributed by atoms with Crippen LogP contribution in [-0.2, 0) is 0 Å². The van der Waals surface area contributed by atoms with E-state index in [4.69, 9.17) is 0 Å². The van der Waals surface area contributed by atoms with Crippen molar-refractivity contribution in [3.63, 3.8) is 0 Å². The van der Waals surface area contributed by atoms with Crippen LogP contribution in [0.3, 0.4) is 0 Å². The highest BCUT2D eigenvalue weighted by molar-refractivity contribution is 5.06. The first-order chi connectivity index (χ1) is 6.16. The van der Waals surface area contributed by atoms with E-state index in [2.05, 4.69) is 5.32 Å². The van der Waals surface area contributed by atoms with Crippen molar-refractivity contribution in [1.29, 1.82) is 0 Å². The van der Waals surface area contributed by atoms with Crippen LogP contribution in [-0.4, -0.2) is 43.5 Å². The van der Waals surface area contributed by atoms with Crippen LogP contribution in [0.5, 0.6) is 0 Å². The lowest BCUT2D eigenvalue weighted by atomic mass is 10.1. The zero-order valence-corrected chi connectivity index (χ0v) is 7.47. The van der Waals surface area contributed by atoms with Crippen LogP contribution in [0.15, 0.2) is 0 Å². The summed E-state index contributed by atoms with van der Waals surface area (Å²) in [6, 6.07) is 0. The molecule has 2 aliphatic heterocycles. The minimum absolute atomic E-state index is 0.00360. The number of hydrogen-bond acceptors (Lipinski definition) is 2. The molecule has 2 nitrogen and oxygen atoms in total. The SMILES string of the molecule is FC1(F)CN(CC2C3CNCC32)C1. The van der Waals surface area contributed by atoms with Crippen molar-refractivity contribution in [3.8, 4) is 0 Å². The third kappa shape index (κ3) is 1.27. The molecule has 0 spiro atoms. The Bertz CT molecular complexity index is 214. The van der Waals surface area contributed by atoms with Crippen LogP contribution in [0.2, 0.25) is 0 Å². The van der Waals surface area contributed by atoms with Gasteiger partial charge in [-0.25, -0.2) is 8.78 Å². The molecule has 4 heteroatoms. The molecule has 1 N–H and O–H groups in total. The van der Waals surface area contributed by atoms with E-state index in [-0.39, 0.29) is 13.1 Å². The summed E-state index contributed by atoms with van der Waals surface area (Å²) in [5, 5.41) is 3.31. The molecule has 1 saturated carbocycles. The van der Waals surface area contributed by atoms with Gasteiger partial charge in [0.1, 0.15) is 0 Å². The van der Waals surface area contributed by atoms with Crippen LogP contribution in [0.25, 0.3) is 0 Å². The lowest BCUT2D eigenvalue weighted by Gasteiger charge is -2.39. The van der Waals surface area contributed by atoms with Gasteiger partial charge >= 0.3 is 0 Å². The number of nitrogens with zero attached hydrogens (tertiary/aromatic N) is 1. The quantitative estimate of drug-likeness (QED) is 0.675. The van der Waals surface area contributed by atoms with Gasteiger partial charge in [0.15, 0.2) is 0 Å². The molecule has 0 amide bonds. The van der Waals surface area contributed by atoms with Gasteiger partial charge in [-0.05, 0) is 30.8 Å². The molecule has 74 valence electrons. The summed E-state index contributed by atoms with van der Waals surface area (Å²) < 4.78 is 25.0. The second-order valence-electron chi connectivity index (χ2n) is 4.68. The van der Waals surface area contributed by atoms with E-state index in [9.17, 15) is 8.78 Å². The van der Waals surface area contributed by atoms with Gasteiger partial charge in [-0.1, -0.05) is 0 Å².